The van der Waals surface area contributed by atoms with Crippen LogP contribution in [0.3, 0.4) is 0 Å². The molecule has 0 aliphatic heterocycles. The Labute approximate surface area is 148 Å². The molecule has 0 spiro atoms. The van der Waals surface area contributed by atoms with Crippen molar-refractivity contribution in [3.05, 3.63) is 59.7 Å². The molecule has 2 N–H and O–H groups in total. The van der Waals surface area contributed by atoms with Crippen molar-refractivity contribution in [3.63, 3.8) is 0 Å². The Morgan fingerprint density at radius 2 is 1.76 bits per heavy atom. The zero-order chi connectivity index (χ0) is 18.3. The van der Waals surface area contributed by atoms with Crippen molar-refractivity contribution >= 4 is 15.9 Å². The fraction of sp³-hybridized carbons (Fsp3) is 0.278. The monoisotopic (exact) mass is 362 g/mol. The van der Waals surface area contributed by atoms with Crippen LogP contribution in [-0.4, -0.2) is 34.0 Å². The van der Waals surface area contributed by atoms with Crippen LogP contribution < -0.4 is 14.8 Å². The molecule has 0 saturated carbocycles. The van der Waals surface area contributed by atoms with E-state index in [2.05, 4.69) is 10.0 Å². The fourth-order valence-electron chi connectivity index (χ4n) is 2.18. The largest absolute Gasteiger partial charge is 0.484 e. The molecule has 2 rings (SSSR count). The average Bonchev–Trinajstić information content (AvgIpc) is 2.60. The standard InChI is InChI=1S/C18H22N2O4S/c1-14-8-9-15(2)17(12-14)25(22,23)20-11-10-19-18(21)13-24-16-6-4-3-5-7-16/h3-9,12,20H,10-11,13H2,1-2H3,(H,19,21). The summed E-state index contributed by atoms with van der Waals surface area (Å²) >= 11 is 0. The zero-order valence-corrected chi connectivity index (χ0v) is 15.1. The minimum Gasteiger partial charge on any atom is -0.484 e. The van der Waals surface area contributed by atoms with Crippen molar-refractivity contribution in [2.45, 2.75) is 18.7 Å². The Bertz CT molecular complexity index is 820. The van der Waals surface area contributed by atoms with Crippen molar-refractivity contribution in [2.24, 2.45) is 0 Å². The average molecular weight is 362 g/mol. The normalized spacial score (nSPS) is 11.1. The predicted octanol–water partition coefficient (Wildman–Crippen LogP) is 1.78. The van der Waals surface area contributed by atoms with Crippen LogP contribution in [0.1, 0.15) is 11.1 Å². The maximum atomic E-state index is 12.3. The summed E-state index contributed by atoms with van der Waals surface area (Å²) < 4.78 is 32.4. The van der Waals surface area contributed by atoms with E-state index in [1.165, 1.54) is 0 Å². The Morgan fingerprint density at radius 1 is 1.04 bits per heavy atom. The molecule has 0 aliphatic carbocycles. The van der Waals surface area contributed by atoms with E-state index in [1.54, 1.807) is 31.2 Å². The summed E-state index contributed by atoms with van der Waals surface area (Å²) in [5.41, 5.74) is 1.55. The van der Waals surface area contributed by atoms with Crippen LogP contribution >= 0.6 is 0 Å². The molecule has 0 unspecified atom stereocenters. The third-order valence-electron chi connectivity index (χ3n) is 3.49. The van der Waals surface area contributed by atoms with E-state index >= 15 is 0 Å². The maximum absolute atomic E-state index is 12.3. The van der Waals surface area contributed by atoms with Gasteiger partial charge in [-0.25, -0.2) is 13.1 Å². The van der Waals surface area contributed by atoms with E-state index < -0.39 is 10.0 Å². The number of sulfonamides is 1. The molecule has 1 amide bonds. The lowest BCUT2D eigenvalue weighted by Crippen LogP contribution is -2.37. The van der Waals surface area contributed by atoms with Gasteiger partial charge in [-0.3, -0.25) is 4.79 Å². The highest BCUT2D eigenvalue weighted by molar-refractivity contribution is 7.89. The van der Waals surface area contributed by atoms with Crippen molar-refractivity contribution in [1.82, 2.24) is 10.0 Å². The van der Waals surface area contributed by atoms with Crippen molar-refractivity contribution in [2.75, 3.05) is 19.7 Å². The molecule has 0 atom stereocenters. The number of para-hydroxylation sites is 1. The topological polar surface area (TPSA) is 84.5 Å². The van der Waals surface area contributed by atoms with Gasteiger partial charge in [0.2, 0.25) is 10.0 Å². The summed E-state index contributed by atoms with van der Waals surface area (Å²) in [6, 6.07) is 14.3. The first-order chi connectivity index (χ1) is 11.9. The number of nitrogens with one attached hydrogen (secondary N) is 2. The van der Waals surface area contributed by atoms with Gasteiger partial charge < -0.3 is 10.1 Å². The van der Waals surface area contributed by atoms with Gasteiger partial charge in [-0.1, -0.05) is 30.3 Å². The summed E-state index contributed by atoms with van der Waals surface area (Å²) in [7, 11) is -3.60. The molecule has 0 bridgehead atoms. The Hall–Kier alpha value is -2.38. The quantitative estimate of drug-likeness (QED) is 0.701. The highest BCUT2D eigenvalue weighted by Gasteiger charge is 2.16. The van der Waals surface area contributed by atoms with E-state index in [4.69, 9.17) is 4.74 Å². The SMILES string of the molecule is Cc1ccc(C)c(S(=O)(=O)NCCNC(=O)COc2ccccc2)c1. The molecule has 7 heteroatoms. The predicted molar refractivity (Wildman–Crippen MR) is 96.1 cm³/mol. The van der Waals surface area contributed by atoms with Crippen LogP contribution in [0.4, 0.5) is 0 Å². The molecule has 2 aromatic carbocycles. The molecule has 6 nitrogen and oxygen atoms in total. The number of benzene rings is 2. The third-order valence-corrected chi connectivity index (χ3v) is 5.09. The van der Waals surface area contributed by atoms with E-state index in [0.717, 1.165) is 5.56 Å². The number of carbonyl (C=O) groups is 1. The second kappa shape index (κ2) is 8.64. The van der Waals surface area contributed by atoms with Gasteiger partial charge >= 0.3 is 0 Å². The molecule has 0 radical (unpaired) electrons. The van der Waals surface area contributed by atoms with Crippen LogP contribution in [0.5, 0.6) is 5.75 Å². The fourth-order valence-corrected chi connectivity index (χ4v) is 3.54. The first-order valence-corrected chi connectivity index (χ1v) is 9.38. The number of hydrogen-bond donors (Lipinski definition) is 2. The lowest BCUT2D eigenvalue weighted by atomic mass is 10.2. The van der Waals surface area contributed by atoms with E-state index in [0.29, 0.717) is 11.3 Å². The van der Waals surface area contributed by atoms with Gasteiger partial charge in [0.1, 0.15) is 5.75 Å². The maximum Gasteiger partial charge on any atom is 0.257 e. The number of hydrogen-bond acceptors (Lipinski definition) is 4. The molecular formula is C18H22N2O4S. The van der Waals surface area contributed by atoms with E-state index in [9.17, 15) is 13.2 Å². The number of rotatable bonds is 8. The Kier molecular flexibility index (Phi) is 6.55. The van der Waals surface area contributed by atoms with Crippen molar-refractivity contribution in [3.8, 4) is 5.75 Å². The molecule has 134 valence electrons. The van der Waals surface area contributed by atoms with Crippen LogP contribution in [0.2, 0.25) is 0 Å². The van der Waals surface area contributed by atoms with E-state index in [1.807, 2.05) is 31.2 Å². The van der Waals surface area contributed by atoms with Crippen LogP contribution in [-0.2, 0) is 14.8 Å². The summed E-state index contributed by atoms with van der Waals surface area (Å²) in [5, 5.41) is 2.61. The van der Waals surface area contributed by atoms with Crippen LogP contribution in [0, 0.1) is 13.8 Å². The van der Waals surface area contributed by atoms with Gasteiger partial charge in [0.15, 0.2) is 6.61 Å². The van der Waals surface area contributed by atoms with Gasteiger partial charge in [0.25, 0.3) is 5.91 Å². The van der Waals surface area contributed by atoms with Gasteiger partial charge in [0, 0.05) is 13.1 Å². The summed E-state index contributed by atoms with van der Waals surface area (Å²) in [4.78, 5) is 12.0. The molecule has 0 heterocycles. The first kappa shape index (κ1) is 19.0. The number of aryl methyl sites for hydroxylation is 2. The molecule has 0 aliphatic rings. The molecule has 0 saturated heterocycles. The highest BCUT2D eigenvalue weighted by atomic mass is 32.2. The van der Waals surface area contributed by atoms with Crippen molar-refractivity contribution < 1.29 is 17.9 Å². The van der Waals surface area contributed by atoms with Gasteiger partial charge in [0.05, 0.1) is 4.90 Å². The summed E-state index contributed by atoms with van der Waals surface area (Å²) in [6.07, 6.45) is 0. The molecule has 2 aromatic rings. The summed E-state index contributed by atoms with van der Waals surface area (Å²) in [5.74, 6) is 0.295. The second-order valence-corrected chi connectivity index (χ2v) is 7.35. The second-order valence-electron chi connectivity index (χ2n) is 5.62. The minimum absolute atomic E-state index is 0.104. The lowest BCUT2D eigenvalue weighted by molar-refractivity contribution is -0.123. The summed E-state index contributed by atoms with van der Waals surface area (Å²) in [6.45, 7) is 3.75. The number of amides is 1. The molecule has 0 aromatic heterocycles. The van der Waals surface area contributed by atoms with Crippen molar-refractivity contribution in [1.29, 1.82) is 0 Å². The van der Waals surface area contributed by atoms with E-state index in [-0.39, 0.29) is 30.5 Å². The smallest absolute Gasteiger partial charge is 0.257 e. The van der Waals surface area contributed by atoms with Crippen LogP contribution in [0.15, 0.2) is 53.4 Å². The zero-order valence-electron chi connectivity index (χ0n) is 14.3. The lowest BCUT2D eigenvalue weighted by Gasteiger charge is -2.11. The highest BCUT2D eigenvalue weighted by Crippen LogP contribution is 2.16. The number of ether oxygens (including phenoxy) is 1. The molecule has 0 fully saturated rings. The Morgan fingerprint density at radius 3 is 2.48 bits per heavy atom. The minimum atomic E-state index is -3.60. The molecular weight excluding hydrogens is 340 g/mol. The molecule has 25 heavy (non-hydrogen) atoms. The Balaban J connectivity index is 1.76. The van der Waals surface area contributed by atoms with Crippen LogP contribution in [0.25, 0.3) is 0 Å². The van der Waals surface area contributed by atoms with Gasteiger partial charge in [-0.15, -0.1) is 0 Å². The van der Waals surface area contributed by atoms with Gasteiger partial charge in [-0.05, 0) is 43.2 Å². The van der Waals surface area contributed by atoms with Gasteiger partial charge in [-0.2, -0.15) is 0 Å². The third kappa shape index (κ3) is 5.88. The number of carbonyl (C=O) groups excluding carboxylic acids is 1. The first-order valence-electron chi connectivity index (χ1n) is 7.90.